The Morgan fingerprint density at radius 1 is 1.56 bits per heavy atom. The Morgan fingerprint density at radius 3 is 3.00 bits per heavy atom. The van der Waals surface area contributed by atoms with Crippen LogP contribution in [0.25, 0.3) is 5.69 Å². The topological polar surface area (TPSA) is 64.3 Å². The second kappa shape index (κ2) is 5.32. The lowest BCUT2D eigenvalue weighted by molar-refractivity contribution is 0.281. The first-order valence-corrected chi connectivity index (χ1v) is 5.98. The minimum Gasteiger partial charge on any atom is -0.480 e. The first kappa shape index (κ1) is 12.8. The molecule has 0 aromatic carbocycles. The normalized spacial score (nSPS) is 10.4. The van der Waals surface area contributed by atoms with Crippen LogP contribution in [0.5, 0.6) is 5.88 Å². The molecule has 94 valence electrons. The predicted octanol–water partition coefficient (Wildman–Crippen LogP) is 1.50. The van der Waals surface area contributed by atoms with Crippen LogP contribution in [0.2, 0.25) is 0 Å². The molecular weight excluding hydrogens is 300 g/mol. The van der Waals surface area contributed by atoms with Crippen LogP contribution in [0.15, 0.2) is 39.9 Å². The van der Waals surface area contributed by atoms with Crippen LogP contribution in [0, 0.1) is 0 Å². The van der Waals surface area contributed by atoms with Crippen molar-refractivity contribution < 1.29 is 9.84 Å². The number of hydrogen-bond donors (Lipinski definition) is 1. The summed E-state index contributed by atoms with van der Waals surface area (Å²) >= 11 is 3.18. The van der Waals surface area contributed by atoms with Gasteiger partial charge in [0, 0.05) is 12.4 Å². The fourth-order valence-electron chi connectivity index (χ4n) is 1.59. The summed E-state index contributed by atoms with van der Waals surface area (Å²) < 4.78 is 6.88. The summed E-state index contributed by atoms with van der Waals surface area (Å²) in [6, 6.07) is 5.02. The van der Waals surface area contributed by atoms with Gasteiger partial charge in [-0.15, -0.1) is 0 Å². The lowest BCUT2D eigenvalue weighted by atomic mass is 10.3. The zero-order valence-electron chi connectivity index (χ0n) is 9.63. The zero-order valence-corrected chi connectivity index (χ0v) is 11.2. The SMILES string of the molecule is COc1ncccc1-n1cc(CO)cc(Br)c1=O. The fourth-order valence-corrected chi connectivity index (χ4v) is 2.07. The monoisotopic (exact) mass is 310 g/mol. The molecule has 0 bridgehead atoms. The van der Waals surface area contributed by atoms with Crippen LogP contribution in [0.3, 0.4) is 0 Å². The van der Waals surface area contributed by atoms with E-state index in [1.807, 2.05) is 0 Å². The summed E-state index contributed by atoms with van der Waals surface area (Å²) in [5.41, 5.74) is 0.909. The van der Waals surface area contributed by atoms with E-state index in [9.17, 15) is 4.79 Å². The van der Waals surface area contributed by atoms with Crippen LogP contribution in [-0.2, 0) is 6.61 Å². The second-order valence-corrected chi connectivity index (χ2v) is 4.42. The first-order valence-electron chi connectivity index (χ1n) is 5.18. The Balaban J connectivity index is 2.70. The fraction of sp³-hybridized carbons (Fsp3) is 0.167. The molecule has 0 spiro atoms. The molecule has 0 unspecified atom stereocenters. The molecule has 0 saturated heterocycles. The van der Waals surface area contributed by atoms with Gasteiger partial charge in [-0.2, -0.15) is 0 Å². The van der Waals surface area contributed by atoms with Gasteiger partial charge in [0.25, 0.3) is 5.56 Å². The van der Waals surface area contributed by atoms with Crippen LogP contribution in [0.1, 0.15) is 5.56 Å². The summed E-state index contributed by atoms with van der Waals surface area (Å²) in [4.78, 5) is 16.1. The average Bonchev–Trinajstić information content (AvgIpc) is 2.41. The highest BCUT2D eigenvalue weighted by Crippen LogP contribution is 2.19. The molecule has 0 aliphatic carbocycles. The molecule has 2 aromatic rings. The maximum Gasteiger partial charge on any atom is 0.269 e. The van der Waals surface area contributed by atoms with E-state index in [4.69, 9.17) is 9.84 Å². The molecule has 2 rings (SSSR count). The summed E-state index contributed by atoms with van der Waals surface area (Å²) in [5, 5.41) is 9.17. The molecule has 5 nitrogen and oxygen atoms in total. The van der Waals surface area contributed by atoms with Gasteiger partial charge in [0.1, 0.15) is 5.69 Å². The Morgan fingerprint density at radius 2 is 2.33 bits per heavy atom. The van der Waals surface area contributed by atoms with E-state index < -0.39 is 0 Å². The van der Waals surface area contributed by atoms with Gasteiger partial charge in [-0.3, -0.25) is 9.36 Å². The highest BCUT2D eigenvalue weighted by Gasteiger charge is 2.10. The maximum atomic E-state index is 12.1. The Hall–Kier alpha value is -1.66. The number of aliphatic hydroxyl groups excluding tert-OH is 1. The summed E-state index contributed by atoms with van der Waals surface area (Å²) in [6.45, 7) is -0.151. The van der Waals surface area contributed by atoms with Gasteiger partial charge in [-0.05, 0) is 39.7 Å². The Bertz CT molecular complexity index is 625. The van der Waals surface area contributed by atoms with Crippen LogP contribution >= 0.6 is 15.9 Å². The van der Waals surface area contributed by atoms with E-state index in [1.54, 1.807) is 30.6 Å². The van der Waals surface area contributed by atoms with Crippen molar-refractivity contribution in [1.29, 1.82) is 0 Å². The standard InChI is InChI=1S/C12H11BrN2O3/c1-18-11-10(3-2-4-14-11)15-6-8(7-16)5-9(13)12(15)17/h2-6,16H,7H2,1H3. The van der Waals surface area contributed by atoms with Gasteiger partial charge in [0.05, 0.1) is 18.2 Å². The van der Waals surface area contributed by atoms with Crippen LogP contribution in [0.4, 0.5) is 0 Å². The number of hydrogen-bond acceptors (Lipinski definition) is 4. The molecule has 0 fully saturated rings. The van der Waals surface area contributed by atoms with Crippen molar-refractivity contribution >= 4 is 15.9 Å². The molecule has 1 N–H and O–H groups in total. The molecule has 0 aliphatic rings. The van der Waals surface area contributed by atoms with Gasteiger partial charge in [0.15, 0.2) is 0 Å². The summed E-state index contributed by atoms with van der Waals surface area (Å²) in [7, 11) is 1.49. The predicted molar refractivity (Wildman–Crippen MR) is 70.0 cm³/mol. The van der Waals surface area contributed by atoms with E-state index >= 15 is 0 Å². The van der Waals surface area contributed by atoms with Gasteiger partial charge in [-0.25, -0.2) is 4.98 Å². The number of ether oxygens (including phenoxy) is 1. The molecule has 0 atom stereocenters. The van der Waals surface area contributed by atoms with E-state index in [0.29, 0.717) is 21.6 Å². The number of rotatable bonds is 3. The molecule has 0 amide bonds. The number of aromatic nitrogens is 2. The van der Waals surface area contributed by atoms with E-state index in [2.05, 4.69) is 20.9 Å². The van der Waals surface area contributed by atoms with E-state index in [-0.39, 0.29) is 12.2 Å². The molecule has 6 heteroatoms. The molecule has 2 aromatic heterocycles. The first-order chi connectivity index (χ1) is 8.67. The Labute approximate surface area is 112 Å². The van der Waals surface area contributed by atoms with E-state index in [0.717, 1.165) is 0 Å². The largest absolute Gasteiger partial charge is 0.480 e. The average molecular weight is 311 g/mol. The van der Waals surface area contributed by atoms with E-state index in [1.165, 1.54) is 11.7 Å². The van der Waals surface area contributed by atoms with Crippen molar-refractivity contribution in [2.45, 2.75) is 6.61 Å². The van der Waals surface area contributed by atoms with Gasteiger partial charge >= 0.3 is 0 Å². The molecule has 2 heterocycles. The number of aliphatic hydroxyl groups is 1. The molecule has 0 aliphatic heterocycles. The second-order valence-electron chi connectivity index (χ2n) is 3.56. The highest BCUT2D eigenvalue weighted by atomic mass is 79.9. The van der Waals surface area contributed by atoms with Gasteiger partial charge < -0.3 is 9.84 Å². The van der Waals surface area contributed by atoms with Crippen LogP contribution < -0.4 is 10.3 Å². The molecule has 0 saturated carbocycles. The molecule has 18 heavy (non-hydrogen) atoms. The highest BCUT2D eigenvalue weighted by molar-refractivity contribution is 9.10. The van der Waals surface area contributed by atoms with Gasteiger partial charge in [0.2, 0.25) is 5.88 Å². The van der Waals surface area contributed by atoms with Crippen molar-refractivity contribution in [3.63, 3.8) is 0 Å². The number of halogens is 1. The smallest absolute Gasteiger partial charge is 0.269 e. The summed E-state index contributed by atoms with van der Waals surface area (Å²) in [6.07, 6.45) is 3.14. The van der Waals surface area contributed by atoms with Crippen molar-refractivity contribution in [2.75, 3.05) is 7.11 Å². The maximum absolute atomic E-state index is 12.1. The lowest BCUT2D eigenvalue weighted by Gasteiger charge is -2.11. The van der Waals surface area contributed by atoms with Crippen LogP contribution in [-0.4, -0.2) is 21.8 Å². The van der Waals surface area contributed by atoms with Crippen molar-refractivity contribution in [3.05, 3.63) is 51.0 Å². The third-order valence-corrected chi connectivity index (χ3v) is 2.98. The van der Waals surface area contributed by atoms with Crippen molar-refractivity contribution in [2.24, 2.45) is 0 Å². The minimum atomic E-state index is -0.237. The van der Waals surface area contributed by atoms with Crippen molar-refractivity contribution in [1.82, 2.24) is 9.55 Å². The quantitative estimate of drug-likeness (QED) is 0.933. The number of methoxy groups -OCH3 is 1. The molecular formula is C12H11BrN2O3. The van der Waals surface area contributed by atoms with Gasteiger partial charge in [-0.1, -0.05) is 0 Å². The summed E-state index contributed by atoms with van der Waals surface area (Å²) in [5.74, 6) is 0.349. The Kier molecular flexibility index (Phi) is 3.78. The zero-order chi connectivity index (χ0) is 13.1. The number of pyridine rings is 2. The third-order valence-electron chi connectivity index (χ3n) is 2.42. The molecule has 0 radical (unpaired) electrons. The third kappa shape index (κ3) is 2.30. The van der Waals surface area contributed by atoms with Crippen molar-refractivity contribution in [3.8, 4) is 11.6 Å². The number of nitrogens with zero attached hydrogens (tertiary/aromatic N) is 2. The lowest BCUT2D eigenvalue weighted by Crippen LogP contribution is -2.20. The minimum absolute atomic E-state index is 0.151.